The first-order valence-electron chi connectivity index (χ1n) is 4.06. The molecule has 0 fully saturated rings. The lowest BCUT2D eigenvalue weighted by molar-refractivity contribution is -0.120. The van der Waals surface area contributed by atoms with Gasteiger partial charge in [-0.1, -0.05) is 20.8 Å². The number of aliphatic hydroxyl groups is 1. The molecule has 0 aliphatic heterocycles. The van der Waals surface area contributed by atoms with Gasteiger partial charge in [0.25, 0.3) is 0 Å². The van der Waals surface area contributed by atoms with Crippen LogP contribution >= 0.6 is 11.8 Å². The maximum absolute atomic E-state index is 11.1. The molecule has 72 valence electrons. The minimum absolute atomic E-state index is 0.130. The van der Waals surface area contributed by atoms with E-state index in [4.69, 9.17) is 0 Å². The maximum Gasteiger partial charge on any atom is 0.145 e. The summed E-state index contributed by atoms with van der Waals surface area (Å²) in [5, 5.41) is 9.55. The molecule has 0 spiro atoms. The molecule has 1 unspecified atom stereocenters. The SMILES string of the molecule is CSCC(=O)CC(O)C(C)(C)C. The second-order valence-corrected chi connectivity index (χ2v) is 4.92. The highest BCUT2D eigenvalue weighted by Crippen LogP contribution is 2.21. The van der Waals surface area contributed by atoms with Crippen molar-refractivity contribution in [2.24, 2.45) is 5.41 Å². The highest BCUT2D eigenvalue weighted by atomic mass is 32.2. The third-order valence-corrected chi connectivity index (χ3v) is 2.34. The fraction of sp³-hybridized carbons (Fsp3) is 0.889. The molecule has 0 radical (unpaired) electrons. The summed E-state index contributed by atoms with van der Waals surface area (Å²) in [7, 11) is 0. The Morgan fingerprint density at radius 1 is 1.50 bits per heavy atom. The zero-order valence-electron chi connectivity index (χ0n) is 8.26. The summed E-state index contributed by atoms with van der Waals surface area (Å²) in [6, 6.07) is 0. The summed E-state index contributed by atoms with van der Waals surface area (Å²) < 4.78 is 0. The smallest absolute Gasteiger partial charge is 0.145 e. The lowest BCUT2D eigenvalue weighted by Gasteiger charge is -2.24. The number of rotatable bonds is 4. The van der Waals surface area contributed by atoms with Crippen LogP contribution in [0.3, 0.4) is 0 Å². The van der Waals surface area contributed by atoms with E-state index in [-0.39, 0.29) is 17.6 Å². The van der Waals surface area contributed by atoms with E-state index in [0.717, 1.165) is 0 Å². The molecule has 12 heavy (non-hydrogen) atoms. The normalized spacial score (nSPS) is 14.4. The van der Waals surface area contributed by atoms with Crippen LogP contribution in [0.5, 0.6) is 0 Å². The lowest BCUT2D eigenvalue weighted by Crippen LogP contribution is -2.29. The van der Waals surface area contributed by atoms with E-state index in [2.05, 4.69) is 0 Å². The summed E-state index contributed by atoms with van der Waals surface area (Å²) in [6.45, 7) is 5.80. The summed E-state index contributed by atoms with van der Waals surface area (Å²) in [4.78, 5) is 11.1. The second kappa shape index (κ2) is 4.87. The van der Waals surface area contributed by atoms with Gasteiger partial charge in [0.05, 0.1) is 11.9 Å². The number of hydrogen-bond acceptors (Lipinski definition) is 3. The van der Waals surface area contributed by atoms with Crippen LogP contribution in [0.4, 0.5) is 0 Å². The molecule has 0 saturated heterocycles. The first-order valence-corrected chi connectivity index (χ1v) is 5.46. The summed E-state index contributed by atoms with van der Waals surface area (Å²) >= 11 is 1.50. The van der Waals surface area contributed by atoms with E-state index in [9.17, 15) is 9.90 Å². The zero-order chi connectivity index (χ0) is 9.78. The van der Waals surface area contributed by atoms with Crippen molar-refractivity contribution in [3.05, 3.63) is 0 Å². The Morgan fingerprint density at radius 3 is 2.33 bits per heavy atom. The molecule has 0 bridgehead atoms. The molecule has 0 aromatic carbocycles. The van der Waals surface area contributed by atoms with Crippen LogP contribution in [0.1, 0.15) is 27.2 Å². The van der Waals surface area contributed by atoms with Crippen molar-refractivity contribution in [1.82, 2.24) is 0 Å². The molecule has 1 atom stereocenters. The van der Waals surface area contributed by atoms with Crippen molar-refractivity contribution in [1.29, 1.82) is 0 Å². The van der Waals surface area contributed by atoms with Crippen LogP contribution in [-0.4, -0.2) is 29.0 Å². The Morgan fingerprint density at radius 2 is 2.00 bits per heavy atom. The van der Waals surface area contributed by atoms with Gasteiger partial charge in [-0.05, 0) is 11.7 Å². The van der Waals surface area contributed by atoms with Gasteiger partial charge in [0.15, 0.2) is 0 Å². The number of aliphatic hydroxyl groups excluding tert-OH is 1. The van der Waals surface area contributed by atoms with Gasteiger partial charge in [0.2, 0.25) is 0 Å². The van der Waals surface area contributed by atoms with Crippen molar-refractivity contribution in [2.45, 2.75) is 33.3 Å². The van der Waals surface area contributed by atoms with Crippen LogP contribution < -0.4 is 0 Å². The third-order valence-electron chi connectivity index (χ3n) is 1.73. The van der Waals surface area contributed by atoms with Gasteiger partial charge >= 0.3 is 0 Å². The first kappa shape index (κ1) is 12.0. The molecule has 1 N–H and O–H groups in total. The van der Waals surface area contributed by atoms with Gasteiger partial charge in [-0.25, -0.2) is 0 Å². The average molecular weight is 190 g/mol. The highest BCUT2D eigenvalue weighted by molar-refractivity contribution is 7.99. The van der Waals surface area contributed by atoms with Gasteiger partial charge in [-0.3, -0.25) is 4.79 Å². The average Bonchev–Trinajstić information content (AvgIpc) is 1.85. The first-order chi connectivity index (χ1) is 5.38. The molecule has 0 aromatic heterocycles. The van der Waals surface area contributed by atoms with Crippen molar-refractivity contribution < 1.29 is 9.90 Å². The summed E-state index contributed by atoms with van der Waals surface area (Å²) in [5.41, 5.74) is -0.186. The number of carbonyl (C=O) groups excluding carboxylic acids is 1. The molecule has 3 heteroatoms. The molecule has 0 saturated carbocycles. The van der Waals surface area contributed by atoms with Gasteiger partial charge in [0.1, 0.15) is 5.78 Å². The summed E-state index contributed by atoms with van der Waals surface area (Å²) in [5.74, 6) is 0.637. The molecular formula is C9H18O2S. The Balaban J connectivity index is 3.84. The fourth-order valence-electron chi connectivity index (χ4n) is 0.742. The Hall–Kier alpha value is -0.0200. The largest absolute Gasteiger partial charge is 0.392 e. The van der Waals surface area contributed by atoms with Crippen LogP contribution in [0.2, 0.25) is 0 Å². The lowest BCUT2D eigenvalue weighted by atomic mass is 9.86. The predicted molar refractivity (Wildman–Crippen MR) is 53.5 cm³/mol. The van der Waals surface area contributed by atoms with Crippen molar-refractivity contribution in [2.75, 3.05) is 12.0 Å². The van der Waals surface area contributed by atoms with E-state index >= 15 is 0 Å². The molecule has 0 rings (SSSR count). The van der Waals surface area contributed by atoms with E-state index in [1.54, 1.807) is 0 Å². The quantitative estimate of drug-likeness (QED) is 0.733. The third kappa shape index (κ3) is 4.78. The van der Waals surface area contributed by atoms with Gasteiger partial charge in [-0.2, -0.15) is 11.8 Å². The molecular weight excluding hydrogens is 172 g/mol. The van der Waals surface area contributed by atoms with E-state index in [1.807, 2.05) is 27.0 Å². The standard InChI is InChI=1S/C9H18O2S/c1-9(2,3)8(11)5-7(10)6-12-4/h8,11H,5-6H2,1-4H3. The molecule has 0 amide bonds. The maximum atomic E-state index is 11.1. The zero-order valence-corrected chi connectivity index (χ0v) is 9.07. The Kier molecular flexibility index (Phi) is 4.87. The van der Waals surface area contributed by atoms with Crippen molar-refractivity contribution in [3.63, 3.8) is 0 Å². The molecule has 0 heterocycles. The fourth-order valence-corrected chi connectivity index (χ4v) is 1.18. The topological polar surface area (TPSA) is 37.3 Å². The minimum atomic E-state index is -0.517. The molecule has 0 aliphatic carbocycles. The number of carbonyl (C=O) groups is 1. The van der Waals surface area contributed by atoms with Crippen molar-refractivity contribution in [3.8, 4) is 0 Å². The van der Waals surface area contributed by atoms with Crippen LogP contribution in [0, 0.1) is 5.41 Å². The second-order valence-electron chi connectivity index (χ2n) is 4.06. The van der Waals surface area contributed by atoms with Gasteiger partial charge < -0.3 is 5.11 Å². The Labute approximate surface area is 78.7 Å². The van der Waals surface area contributed by atoms with E-state index < -0.39 is 6.10 Å². The van der Waals surface area contributed by atoms with Crippen LogP contribution in [-0.2, 0) is 4.79 Å². The van der Waals surface area contributed by atoms with Gasteiger partial charge in [-0.15, -0.1) is 0 Å². The van der Waals surface area contributed by atoms with Crippen LogP contribution in [0.15, 0.2) is 0 Å². The number of hydrogen-bond donors (Lipinski definition) is 1. The van der Waals surface area contributed by atoms with Crippen molar-refractivity contribution >= 4 is 17.5 Å². The highest BCUT2D eigenvalue weighted by Gasteiger charge is 2.23. The molecule has 0 aromatic rings. The number of Topliss-reactive ketones (excluding diaryl/α,β-unsaturated/α-hetero) is 1. The molecule has 2 nitrogen and oxygen atoms in total. The summed E-state index contributed by atoms with van der Waals surface area (Å²) in [6.07, 6.45) is 1.66. The predicted octanol–water partition coefficient (Wildman–Crippen LogP) is 1.72. The number of ketones is 1. The van der Waals surface area contributed by atoms with E-state index in [1.165, 1.54) is 11.8 Å². The number of thioether (sulfide) groups is 1. The van der Waals surface area contributed by atoms with Gasteiger partial charge in [0, 0.05) is 6.42 Å². The molecule has 0 aliphatic rings. The minimum Gasteiger partial charge on any atom is -0.392 e. The Bertz CT molecular complexity index is 149. The monoisotopic (exact) mass is 190 g/mol. The van der Waals surface area contributed by atoms with Crippen LogP contribution in [0.25, 0.3) is 0 Å². The van der Waals surface area contributed by atoms with E-state index in [0.29, 0.717) is 5.75 Å².